The number of anilines is 2. The zero-order valence-corrected chi connectivity index (χ0v) is 15.3. The van der Waals surface area contributed by atoms with Crippen molar-refractivity contribution in [3.8, 4) is 23.1 Å². The third-order valence-corrected chi connectivity index (χ3v) is 4.09. The molecule has 4 heterocycles. The first-order valence-corrected chi connectivity index (χ1v) is 8.14. The Balaban J connectivity index is 1.70. The van der Waals surface area contributed by atoms with Crippen molar-refractivity contribution in [1.29, 1.82) is 0 Å². The zero-order chi connectivity index (χ0) is 19.0. The molecule has 0 fully saturated rings. The summed E-state index contributed by atoms with van der Waals surface area (Å²) in [6.45, 7) is 0. The van der Waals surface area contributed by atoms with E-state index in [2.05, 4.69) is 30.5 Å². The van der Waals surface area contributed by atoms with Crippen molar-refractivity contribution >= 4 is 22.7 Å². The van der Waals surface area contributed by atoms with Crippen molar-refractivity contribution in [2.24, 2.45) is 14.1 Å². The summed E-state index contributed by atoms with van der Waals surface area (Å²) in [5.74, 6) is 2.99. The SMILES string of the molecule is COc1ccnc(-c2cc(Nc3cc(OC)c4cnn(C)c4n3)n(C)n2)n1. The van der Waals surface area contributed by atoms with Gasteiger partial charge in [0.05, 0.1) is 25.8 Å². The molecule has 0 aliphatic rings. The van der Waals surface area contributed by atoms with E-state index >= 15 is 0 Å². The van der Waals surface area contributed by atoms with E-state index in [-0.39, 0.29) is 0 Å². The first-order valence-electron chi connectivity index (χ1n) is 8.14. The summed E-state index contributed by atoms with van der Waals surface area (Å²) in [6.07, 6.45) is 3.36. The Morgan fingerprint density at radius 3 is 2.67 bits per heavy atom. The minimum absolute atomic E-state index is 0.477. The highest BCUT2D eigenvalue weighted by atomic mass is 16.5. The van der Waals surface area contributed by atoms with Gasteiger partial charge in [0.2, 0.25) is 5.88 Å². The number of pyridine rings is 1. The van der Waals surface area contributed by atoms with Gasteiger partial charge in [0.25, 0.3) is 0 Å². The van der Waals surface area contributed by atoms with Crippen LogP contribution in [0.2, 0.25) is 0 Å². The molecule has 10 nitrogen and oxygen atoms in total. The van der Waals surface area contributed by atoms with Gasteiger partial charge in [-0.15, -0.1) is 0 Å². The standard InChI is InChI=1S/C17H18N8O2/c1-24-14(7-11(23-24)16-18-6-5-15(22-16)27-4)20-13-8-12(26-3)10-9-19-25(2)17(10)21-13/h5-9H,1-4H3,(H,20,21). The number of aryl methyl sites for hydroxylation is 2. The Morgan fingerprint density at radius 1 is 1.04 bits per heavy atom. The average Bonchev–Trinajstić information content (AvgIpc) is 3.24. The van der Waals surface area contributed by atoms with E-state index in [4.69, 9.17) is 9.47 Å². The van der Waals surface area contributed by atoms with E-state index in [9.17, 15) is 0 Å². The van der Waals surface area contributed by atoms with Gasteiger partial charge in [-0.3, -0.25) is 9.36 Å². The Kier molecular flexibility index (Phi) is 4.07. The van der Waals surface area contributed by atoms with E-state index in [1.165, 1.54) is 0 Å². The number of hydrogen-bond acceptors (Lipinski definition) is 8. The molecule has 0 aliphatic carbocycles. The fourth-order valence-corrected chi connectivity index (χ4v) is 2.72. The van der Waals surface area contributed by atoms with Crippen molar-refractivity contribution < 1.29 is 9.47 Å². The van der Waals surface area contributed by atoms with Gasteiger partial charge in [0.1, 0.15) is 23.1 Å². The number of nitrogens with zero attached hydrogens (tertiary/aromatic N) is 7. The molecule has 138 valence electrons. The van der Waals surface area contributed by atoms with Crippen LogP contribution in [-0.2, 0) is 14.1 Å². The molecule has 0 saturated carbocycles. The molecule has 0 saturated heterocycles. The van der Waals surface area contributed by atoms with Crippen LogP contribution < -0.4 is 14.8 Å². The molecule has 0 spiro atoms. The topological polar surface area (TPSA) is 105 Å². The molecule has 0 amide bonds. The van der Waals surface area contributed by atoms with Gasteiger partial charge in [-0.2, -0.15) is 15.2 Å². The fraction of sp³-hybridized carbons (Fsp3) is 0.235. The number of nitrogens with one attached hydrogen (secondary N) is 1. The summed E-state index contributed by atoms with van der Waals surface area (Å²) >= 11 is 0. The summed E-state index contributed by atoms with van der Waals surface area (Å²) in [5.41, 5.74) is 1.34. The van der Waals surface area contributed by atoms with Crippen LogP contribution in [-0.4, -0.2) is 48.7 Å². The molecule has 0 atom stereocenters. The van der Waals surface area contributed by atoms with Crippen LogP contribution in [0.1, 0.15) is 0 Å². The molecule has 4 aromatic heterocycles. The van der Waals surface area contributed by atoms with Crippen LogP contribution in [0.25, 0.3) is 22.6 Å². The second-order valence-corrected chi connectivity index (χ2v) is 5.80. The number of rotatable bonds is 5. The van der Waals surface area contributed by atoms with Gasteiger partial charge >= 0.3 is 0 Å². The third-order valence-electron chi connectivity index (χ3n) is 4.09. The predicted molar refractivity (Wildman–Crippen MR) is 99.1 cm³/mol. The van der Waals surface area contributed by atoms with Crippen LogP contribution in [0, 0.1) is 0 Å². The smallest absolute Gasteiger partial charge is 0.216 e. The third kappa shape index (κ3) is 3.01. The van der Waals surface area contributed by atoms with Crippen LogP contribution >= 0.6 is 0 Å². The van der Waals surface area contributed by atoms with Crippen molar-refractivity contribution in [1.82, 2.24) is 34.5 Å². The Hall–Kier alpha value is -3.69. The fourth-order valence-electron chi connectivity index (χ4n) is 2.72. The van der Waals surface area contributed by atoms with E-state index < -0.39 is 0 Å². The molecule has 10 heteroatoms. The molecule has 27 heavy (non-hydrogen) atoms. The largest absolute Gasteiger partial charge is 0.496 e. The highest BCUT2D eigenvalue weighted by Crippen LogP contribution is 2.29. The van der Waals surface area contributed by atoms with Gasteiger partial charge < -0.3 is 14.8 Å². The summed E-state index contributed by atoms with van der Waals surface area (Å²) in [6, 6.07) is 5.35. The second-order valence-electron chi connectivity index (χ2n) is 5.80. The maximum absolute atomic E-state index is 5.46. The van der Waals surface area contributed by atoms with Crippen molar-refractivity contribution in [3.05, 3.63) is 30.6 Å². The molecule has 4 rings (SSSR count). The lowest BCUT2D eigenvalue weighted by Gasteiger charge is -2.08. The minimum Gasteiger partial charge on any atom is -0.496 e. The molecule has 0 radical (unpaired) electrons. The van der Waals surface area contributed by atoms with Crippen LogP contribution in [0.4, 0.5) is 11.6 Å². The lowest BCUT2D eigenvalue weighted by Crippen LogP contribution is -2.02. The Morgan fingerprint density at radius 2 is 1.89 bits per heavy atom. The Labute approximate surface area is 154 Å². The Bertz CT molecular complexity index is 1120. The maximum Gasteiger partial charge on any atom is 0.216 e. The number of methoxy groups -OCH3 is 2. The van der Waals surface area contributed by atoms with Gasteiger partial charge in [0, 0.05) is 38.5 Å². The van der Waals surface area contributed by atoms with E-state index in [0.717, 1.165) is 16.9 Å². The molecule has 0 bridgehead atoms. The number of fused-ring (bicyclic) bond motifs is 1. The van der Waals surface area contributed by atoms with Gasteiger partial charge in [-0.1, -0.05) is 0 Å². The zero-order valence-electron chi connectivity index (χ0n) is 15.3. The van der Waals surface area contributed by atoms with Gasteiger partial charge in [0.15, 0.2) is 11.5 Å². The van der Waals surface area contributed by atoms with Gasteiger partial charge in [-0.05, 0) is 0 Å². The monoisotopic (exact) mass is 366 g/mol. The van der Waals surface area contributed by atoms with Crippen molar-refractivity contribution in [2.45, 2.75) is 0 Å². The molecule has 0 aromatic carbocycles. The molecule has 1 N–H and O–H groups in total. The van der Waals surface area contributed by atoms with E-state index in [1.807, 2.05) is 26.2 Å². The number of aromatic nitrogens is 7. The first-order chi connectivity index (χ1) is 13.1. The second kappa shape index (κ2) is 6.56. The highest BCUT2D eigenvalue weighted by Gasteiger charge is 2.14. The first kappa shape index (κ1) is 16.8. The van der Waals surface area contributed by atoms with Crippen LogP contribution in [0.5, 0.6) is 11.6 Å². The lowest BCUT2D eigenvalue weighted by atomic mass is 10.3. The molecule has 0 aliphatic heterocycles. The summed E-state index contributed by atoms with van der Waals surface area (Å²) in [5, 5.41) is 12.8. The van der Waals surface area contributed by atoms with Crippen LogP contribution in [0.3, 0.4) is 0 Å². The summed E-state index contributed by atoms with van der Waals surface area (Å²) in [4.78, 5) is 13.2. The lowest BCUT2D eigenvalue weighted by molar-refractivity contribution is 0.397. The van der Waals surface area contributed by atoms with Crippen LogP contribution in [0.15, 0.2) is 30.6 Å². The number of hydrogen-bond donors (Lipinski definition) is 1. The summed E-state index contributed by atoms with van der Waals surface area (Å²) in [7, 11) is 6.84. The molecule has 0 unspecified atom stereocenters. The summed E-state index contributed by atoms with van der Waals surface area (Å²) < 4.78 is 14.0. The minimum atomic E-state index is 0.477. The molecule has 4 aromatic rings. The molecular weight excluding hydrogens is 348 g/mol. The average molecular weight is 366 g/mol. The van der Waals surface area contributed by atoms with Gasteiger partial charge in [-0.25, -0.2) is 9.97 Å². The van der Waals surface area contributed by atoms with E-state index in [0.29, 0.717) is 29.0 Å². The maximum atomic E-state index is 5.46. The highest BCUT2D eigenvalue weighted by molar-refractivity contribution is 5.84. The predicted octanol–water partition coefficient (Wildman–Crippen LogP) is 1.92. The molecular formula is C17H18N8O2. The van der Waals surface area contributed by atoms with E-state index in [1.54, 1.807) is 42.0 Å². The van der Waals surface area contributed by atoms with Crippen molar-refractivity contribution in [2.75, 3.05) is 19.5 Å². The quantitative estimate of drug-likeness (QED) is 0.571. The number of ether oxygens (including phenoxy) is 2. The van der Waals surface area contributed by atoms with Crippen molar-refractivity contribution in [3.63, 3.8) is 0 Å². The normalized spacial score (nSPS) is 11.0.